The molecule has 4 nitrogen and oxygen atoms in total. The standard InChI is InChI=1S/C10H11N3O/c11-4-3-8-6-14-10-5-7(12)1-2-9(10)13-8/h1-2,5,8,13H,3,6,12H2. The van der Waals surface area contributed by atoms with Crippen molar-refractivity contribution in [1.29, 1.82) is 5.26 Å². The molecule has 0 spiro atoms. The fourth-order valence-electron chi connectivity index (χ4n) is 1.45. The van der Waals surface area contributed by atoms with Crippen molar-refractivity contribution < 1.29 is 4.74 Å². The fraction of sp³-hybridized carbons (Fsp3) is 0.300. The molecule has 1 unspecified atom stereocenters. The number of nitrogens with one attached hydrogen (secondary N) is 1. The van der Waals surface area contributed by atoms with Crippen molar-refractivity contribution in [3.63, 3.8) is 0 Å². The second kappa shape index (κ2) is 3.46. The van der Waals surface area contributed by atoms with Crippen LogP contribution < -0.4 is 15.8 Å². The normalized spacial score (nSPS) is 18.6. The van der Waals surface area contributed by atoms with Gasteiger partial charge in [-0.1, -0.05) is 0 Å². The molecule has 2 rings (SSSR count). The number of anilines is 2. The van der Waals surface area contributed by atoms with Crippen molar-refractivity contribution in [2.24, 2.45) is 0 Å². The molecule has 0 fully saturated rings. The highest BCUT2D eigenvalue weighted by atomic mass is 16.5. The Morgan fingerprint density at radius 2 is 2.50 bits per heavy atom. The number of hydrogen-bond acceptors (Lipinski definition) is 4. The summed E-state index contributed by atoms with van der Waals surface area (Å²) in [4.78, 5) is 0. The summed E-state index contributed by atoms with van der Waals surface area (Å²) in [6, 6.07) is 7.65. The average Bonchev–Trinajstić information content (AvgIpc) is 2.19. The van der Waals surface area contributed by atoms with E-state index in [-0.39, 0.29) is 6.04 Å². The van der Waals surface area contributed by atoms with Gasteiger partial charge >= 0.3 is 0 Å². The Kier molecular flexibility index (Phi) is 2.15. The van der Waals surface area contributed by atoms with Crippen molar-refractivity contribution in [2.45, 2.75) is 12.5 Å². The Morgan fingerprint density at radius 1 is 1.64 bits per heavy atom. The minimum absolute atomic E-state index is 0.0797. The van der Waals surface area contributed by atoms with E-state index >= 15 is 0 Å². The molecule has 1 atom stereocenters. The summed E-state index contributed by atoms with van der Waals surface area (Å²) in [5.41, 5.74) is 7.21. The van der Waals surface area contributed by atoms with Crippen LogP contribution in [0, 0.1) is 11.3 Å². The summed E-state index contributed by atoms with van der Waals surface area (Å²) >= 11 is 0. The van der Waals surface area contributed by atoms with Gasteiger partial charge in [0.25, 0.3) is 0 Å². The lowest BCUT2D eigenvalue weighted by Gasteiger charge is -2.25. The lowest BCUT2D eigenvalue weighted by molar-refractivity contribution is 0.286. The van der Waals surface area contributed by atoms with E-state index in [4.69, 9.17) is 15.7 Å². The van der Waals surface area contributed by atoms with Crippen LogP contribution in [-0.4, -0.2) is 12.6 Å². The third-order valence-electron chi connectivity index (χ3n) is 2.14. The van der Waals surface area contributed by atoms with E-state index < -0.39 is 0 Å². The van der Waals surface area contributed by atoms with Gasteiger partial charge in [-0.3, -0.25) is 0 Å². The van der Waals surface area contributed by atoms with E-state index in [0.29, 0.717) is 18.7 Å². The largest absolute Gasteiger partial charge is 0.489 e. The molecule has 0 aromatic heterocycles. The van der Waals surface area contributed by atoms with Gasteiger partial charge in [0.2, 0.25) is 0 Å². The summed E-state index contributed by atoms with van der Waals surface area (Å²) in [7, 11) is 0. The number of nitrogens with zero attached hydrogens (tertiary/aromatic N) is 1. The topological polar surface area (TPSA) is 71.1 Å². The van der Waals surface area contributed by atoms with Gasteiger partial charge in [0, 0.05) is 11.8 Å². The number of rotatable bonds is 1. The summed E-state index contributed by atoms with van der Waals surface area (Å²) < 4.78 is 5.48. The van der Waals surface area contributed by atoms with Crippen molar-refractivity contribution in [1.82, 2.24) is 0 Å². The van der Waals surface area contributed by atoms with Gasteiger partial charge in [-0.25, -0.2) is 0 Å². The molecule has 0 aliphatic carbocycles. The molecule has 1 aromatic rings. The zero-order chi connectivity index (χ0) is 9.97. The number of ether oxygens (including phenoxy) is 1. The lowest BCUT2D eigenvalue weighted by atomic mass is 10.1. The van der Waals surface area contributed by atoms with E-state index in [1.54, 1.807) is 6.07 Å². The molecular weight excluding hydrogens is 178 g/mol. The van der Waals surface area contributed by atoms with Gasteiger partial charge in [0.15, 0.2) is 0 Å². The molecule has 0 radical (unpaired) electrons. The number of nitrogens with two attached hydrogens (primary N) is 1. The van der Waals surface area contributed by atoms with Crippen LogP contribution in [0.4, 0.5) is 11.4 Å². The molecule has 1 aromatic carbocycles. The zero-order valence-corrected chi connectivity index (χ0v) is 7.66. The monoisotopic (exact) mass is 189 g/mol. The smallest absolute Gasteiger partial charge is 0.144 e. The van der Waals surface area contributed by atoms with Crippen LogP contribution in [-0.2, 0) is 0 Å². The van der Waals surface area contributed by atoms with Crippen molar-refractivity contribution in [2.75, 3.05) is 17.7 Å². The van der Waals surface area contributed by atoms with Crippen molar-refractivity contribution in [3.8, 4) is 11.8 Å². The summed E-state index contributed by atoms with van der Waals surface area (Å²) in [6.07, 6.45) is 0.448. The summed E-state index contributed by atoms with van der Waals surface area (Å²) in [5, 5.41) is 11.8. The first-order chi connectivity index (χ1) is 6.79. The first-order valence-electron chi connectivity index (χ1n) is 4.45. The van der Waals surface area contributed by atoms with Crippen LogP contribution in [0.15, 0.2) is 18.2 Å². The highest BCUT2D eigenvalue weighted by Crippen LogP contribution is 2.31. The van der Waals surface area contributed by atoms with Crippen molar-refractivity contribution in [3.05, 3.63) is 18.2 Å². The number of nitriles is 1. The molecule has 0 bridgehead atoms. The molecule has 72 valence electrons. The van der Waals surface area contributed by atoms with E-state index in [9.17, 15) is 0 Å². The third-order valence-corrected chi connectivity index (χ3v) is 2.14. The second-order valence-corrected chi connectivity index (χ2v) is 3.27. The Labute approximate surface area is 82.3 Å². The maximum Gasteiger partial charge on any atom is 0.144 e. The molecule has 4 heteroatoms. The Bertz CT molecular complexity index is 383. The Balaban J connectivity index is 2.20. The van der Waals surface area contributed by atoms with Gasteiger partial charge in [0.1, 0.15) is 12.4 Å². The minimum atomic E-state index is 0.0797. The average molecular weight is 189 g/mol. The van der Waals surface area contributed by atoms with Crippen molar-refractivity contribution >= 4 is 11.4 Å². The molecule has 3 N–H and O–H groups in total. The molecule has 0 saturated heterocycles. The predicted molar refractivity (Wildman–Crippen MR) is 54.0 cm³/mol. The molecule has 1 aliphatic rings. The lowest BCUT2D eigenvalue weighted by Crippen LogP contribution is -2.30. The summed E-state index contributed by atoms with van der Waals surface area (Å²) in [6.45, 7) is 0.518. The highest BCUT2D eigenvalue weighted by molar-refractivity contribution is 5.64. The van der Waals surface area contributed by atoms with Gasteiger partial charge in [0.05, 0.1) is 24.2 Å². The number of fused-ring (bicyclic) bond motifs is 1. The quantitative estimate of drug-likeness (QED) is 0.654. The van der Waals surface area contributed by atoms with Crippen LogP contribution in [0.3, 0.4) is 0 Å². The number of hydrogen-bond donors (Lipinski definition) is 2. The second-order valence-electron chi connectivity index (χ2n) is 3.27. The Morgan fingerprint density at radius 3 is 3.29 bits per heavy atom. The Hall–Kier alpha value is -1.89. The maximum absolute atomic E-state index is 8.55. The molecule has 14 heavy (non-hydrogen) atoms. The first kappa shape index (κ1) is 8.70. The molecule has 0 saturated carbocycles. The molecule has 1 heterocycles. The number of benzene rings is 1. The van der Waals surface area contributed by atoms with Crippen LogP contribution in [0.25, 0.3) is 0 Å². The predicted octanol–water partition coefficient (Wildman–Crippen LogP) is 1.36. The SMILES string of the molecule is N#CCC1COc2cc(N)ccc2N1. The van der Waals surface area contributed by atoms with Gasteiger partial charge in [-0.2, -0.15) is 5.26 Å². The summed E-state index contributed by atoms with van der Waals surface area (Å²) in [5.74, 6) is 0.763. The van der Waals surface area contributed by atoms with Crippen LogP contribution in [0.2, 0.25) is 0 Å². The number of nitrogen functional groups attached to an aromatic ring is 1. The van der Waals surface area contributed by atoms with Gasteiger partial charge < -0.3 is 15.8 Å². The first-order valence-corrected chi connectivity index (χ1v) is 4.45. The maximum atomic E-state index is 8.55. The van der Waals surface area contributed by atoms with Crippen LogP contribution >= 0.6 is 0 Å². The van der Waals surface area contributed by atoms with E-state index in [1.807, 2.05) is 12.1 Å². The zero-order valence-electron chi connectivity index (χ0n) is 7.66. The van der Waals surface area contributed by atoms with E-state index in [1.165, 1.54) is 0 Å². The van der Waals surface area contributed by atoms with E-state index in [0.717, 1.165) is 11.4 Å². The van der Waals surface area contributed by atoms with Gasteiger partial charge in [-0.05, 0) is 12.1 Å². The molecule has 0 amide bonds. The molecule has 1 aliphatic heterocycles. The third kappa shape index (κ3) is 1.57. The minimum Gasteiger partial charge on any atom is -0.489 e. The fourth-order valence-corrected chi connectivity index (χ4v) is 1.45. The molecular formula is C10H11N3O. The van der Waals surface area contributed by atoms with Gasteiger partial charge in [-0.15, -0.1) is 0 Å². The van der Waals surface area contributed by atoms with Crippen LogP contribution in [0.1, 0.15) is 6.42 Å². The highest BCUT2D eigenvalue weighted by Gasteiger charge is 2.18. The van der Waals surface area contributed by atoms with E-state index in [2.05, 4.69) is 11.4 Å². The van der Waals surface area contributed by atoms with Crippen LogP contribution in [0.5, 0.6) is 5.75 Å².